The number of nitrogens with zero attached hydrogens (tertiary/aromatic N) is 3. The van der Waals surface area contributed by atoms with Gasteiger partial charge in [0.15, 0.2) is 0 Å². The van der Waals surface area contributed by atoms with Crippen molar-refractivity contribution in [3.05, 3.63) is 36.7 Å². The van der Waals surface area contributed by atoms with Gasteiger partial charge < -0.3 is 0 Å². The topological polar surface area (TPSA) is 30.7 Å². The Balaban J connectivity index is 2.10. The standard InChI is InChI=1S/C12H11N3S/c1-2-3-9-16-12-13-10-15(14-12)11-7-5-4-6-8-11/h4-8,10H,9H2,1H3. The molecule has 0 radical (unpaired) electrons. The number of rotatable bonds is 3. The van der Waals surface area contributed by atoms with Crippen molar-refractivity contribution in [2.75, 3.05) is 5.75 Å². The van der Waals surface area contributed by atoms with E-state index in [1.807, 2.05) is 37.3 Å². The van der Waals surface area contributed by atoms with Crippen LogP contribution in [0.4, 0.5) is 0 Å². The molecule has 3 nitrogen and oxygen atoms in total. The first kappa shape index (κ1) is 10.8. The van der Waals surface area contributed by atoms with Crippen LogP contribution in [0.25, 0.3) is 5.69 Å². The lowest BCUT2D eigenvalue weighted by Crippen LogP contribution is -1.93. The van der Waals surface area contributed by atoms with Gasteiger partial charge in [-0.2, -0.15) is 0 Å². The first-order valence-corrected chi connectivity index (χ1v) is 5.88. The van der Waals surface area contributed by atoms with Crippen LogP contribution in [0, 0.1) is 11.8 Å². The highest BCUT2D eigenvalue weighted by Crippen LogP contribution is 2.13. The van der Waals surface area contributed by atoms with Crippen LogP contribution in [0.3, 0.4) is 0 Å². The van der Waals surface area contributed by atoms with Gasteiger partial charge in [0.05, 0.1) is 11.4 Å². The summed E-state index contributed by atoms with van der Waals surface area (Å²) in [5, 5.41) is 5.11. The minimum atomic E-state index is 0.731. The second kappa shape index (κ2) is 5.38. The van der Waals surface area contributed by atoms with Crippen molar-refractivity contribution in [1.29, 1.82) is 0 Å². The average Bonchev–Trinajstić information content (AvgIpc) is 2.79. The van der Waals surface area contributed by atoms with Crippen LogP contribution in [0.1, 0.15) is 6.92 Å². The summed E-state index contributed by atoms with van der Waals surface area (Å²) in [6.07, 6.45) is 1.72. The molecule has 0 aliphatic rings. The Morgan fingerprint density at radius 3 is 2.88 bits per heavy atom. The Bertz CT molecular complexity index is 508. The summed E-state index contributed by atoms with van der Waals surface area (Å²) in [5.41, 5.74) is 1.02. The fourth-order valence-electron chi connectivity index (χ4n) is 1.19. The smallest absolute Gasteiger partial charge is 0.209 e. The van der Waals surface area contributed by atoms with E-state index >= 15 is 0 Å². The van der Waals surface area contributed by atoms with E-state index < -0.39 is 0 Å². The largest absolute Gasteiger partial charge is 0.220 e. The van der Waals surface area contributed by atoms with Crippen molar-refractivity contribution >= 4 is 11.8 Å². The van der Waals surface area contributed by atoms with Crippen molar-refractivity contribution < 1.29 is 0 Å². The molecule has 0 aliphatic carbocycles. The van der Waals surface area contributed by atoms with Crippen LogP contribution in [0.15, 0.2) is 41.8 Å². The van der Waals surface area contributed by atoms with Crippen LogP contribution >= 0.6 is 11.8 Å². The first-order valence-electron chi connectivity index (χ1n) is 4.89. The van der Waals surface area contributed by atoms with E-state index in [0.29, 0.717) is 0 Å². The van der Waals surface area contributed by atoms with E-state index in [-0.39, 0.29) is 0 Å². The molecule has 0 N–H and O–H groups in total. The molecule has 0 atom stereocenters. The zero-order chi connectivity index (χ0) is 11.2. The van der Waals surface area contributed by atoms with Crippen molar-refractivity contribution in [3.8, 4) is 17.5 Å². The molecule has 16 heavy (non-hydrogen) atoms. The van der Waals surface area contributed by atoms with Gasteiger partial charge in [0.25, 0.3) is 0 Å². The third-order valence-electron chi connectivity index (χ3n) is 1.94. The fourth-order valence-corrected chi connectivity index (χ4v) is 1.80. The second-order valence-corrected chi connectivity index (χ2v) is 3.97. The molecule has 0 aliphatic heterocycles. The molecule has 80 valence electrons. The molecule has 0 fully saturated rings. The molecule has 0 bridgehead atoms. The zero-order valence-corrected chi connectivity index (χ0v) is 9.74. The molecule has 1 aromatic carbocycles. The minimum Gasteiger partial charge on any atom is -0.220 e. The van der Waals surface area contributed by atoms with E-state index in [1.54, 1.807) is 22.8 Å². The van der Waals surface area contributed by atoms with Gasteiger partial charge in [0.1, 0.15) is 6.33 Å². The Kier molecular flexibility index (Phi) is 3.62. The van der Waals surface area contributed by atoms with E-state index in [1.165, 1.54) is 0 Å². The molecule has 0 spiro atoms. The van der Waals surface area contributed by atoms with Crippen LogP contribution in [0.2, 0.25) is 0 Å². The lowest BCUT2D eigenvalue weighted by atomic mass is 10.3. The molecule has 0 saturated carbocycles. The highest BCUT2D eigenvalue weighted by Gasteiger charge is 2.01. The van der Waals surface area contributed by atoms with Gasteiger partial charge in [-0.15, -0.1) is 11.0 Å². The number of benzene rings is 1. The van der Waals surface area contributed by atoms with Crippen LogP contribution in [-0.2, 0) is 0 Å². The molecule has 1 heterocycles. The number of hydrogen-bond acceptors (Lipinski definition) is 3. The van der Waals surface area contributed by atoms with Gasteiger partial charge in [-0.25, -0.2) is 9.67 Å². The summed E-state index contributed by atoms with van der Waals surface area (Å²) in [4.78, 5) is 4.21. The molecule has 0 amide bonds. The third-order valence-corrected chi connectivity index (χ3v) is 2.68. The van der Waals surface area contributed by atoms with Crippen LogP contribution in [-0.4, -0.2) is 20.5 Å². The molecule has 2 aromatic rings. The molecule has 4 heteroatoms. The van der Waals surface area contributed by atoms with Gasteiger partial charge in [-0.1, -0.05) is 35.9 Å². The third kappa shape index (κ3) is 2.65. The van der Waals surface area contributed by atoms with Gasteiger partial charge >= 0.3 is 0 Å². The van der Waals surface area contributed by atoms with Crippen LogP contribution < -0.4 is 0 Å². The van der Waals surface area contributed by atoms with Crippen molar-refractivity contribution in [2.24, 2.45) is 0 Å². The number of thioether (sulfide) groups is 1. The fraction of sp³-hybridized carbons (Fsp3) is 0.167. The summed E-state index contributed by atoms with van der Waals surface area (Å²) in [6.45, 7) is 1.83. The summed E-state index contributed by atoms with van der Waals surface area (Å²) >= 11 is 1.54. The van der Waals surface area contributed by atoms with Gasteiger partial charge in [-0.3, -0.25) is 0 Å². The molecule has 0 unspecified atom stereocenters. The Morgan fingerprint density at radius 1 is 1.31 bits per heavy atom. The van der Waals surface area contributed by atoms with Crippen molar-refractivity contribution in [2.45, 2.75) is 12.1 Å². The summed E-state index contributed by atoms with van der Waals surface area (Å²) in [5.74, 6) is 6.54. The Hall–Kier alpha value is -1.73. The lowest BCUT2D eigenvalue weighted by Gasteiger charge is -1.97. The summed E-state index contributed by atoms with van der Waals surface area (Å²) in [6, 6.07) is 9.93. The normalized spacial score (nSPS) is 9.56. The van der Waals surface area contributed by atoms with Crippen molar-refractivity contribution in [1.82, 2.24) is 14.8 Å². The molecule has 1 aromatic heterocycles. The monoisotopic (exact) mass is 229 g/mol. The highest BCUT2D eigenvalue weighted by atomic mass is 32.2. The number of para-hydroxylation sites is 1. The maximum absolute atomic E-state index is 4.35. The predicted octanol–water partition coefficient (Wildman–Crippen LogP) is 2.38. The first-order chi connectivity index (χ1) is 7.90. The predicted molar refractivity (Wildman–Crippen MR) is 65.5 cm³/mol. The molecular formula is C12H11N3S. The summed E-state index contributed by atoms with van der Waals surface area (Å²) in [7, 11) is 0. The van der Waals surface area contributed by atoms with Gasteiger partial charge in [0.2, 0.25) is 5.16 Å². The minimum absolute atomic E-state index is 0.731. The molecular weight excluding hydrogens is 218 g/mol. The number of aromatic nitrogens is 3. The Labute approximate surface area is 98.9 Å². The van der Waals surface area contributed by atoms with Crippen LogP contribution in [0.5, 0.6) is 0 Å². The van der Waals surface area contributed by atoms with Crippen molar-refractivity contribution in [3.63, 3.8) is 0 Å². The molecule has 2 rings (SSSR count). The van der Waals surface area contributed by atoms with E-state index in [0.717, 1.165) is 16.6 Å². The summed E-state index contributed by atoms with van der Waals surface area (Å²) < 4.78 is 1.77. The molecule has 0 saturated heterocycles. The second-order valence-electron chi connectivity index (χ2n) is 3.02. The lowest BCUT2D eigenvalue weighted by molar-refractivity contribution is 0.835. The quantitative estimate of drug-likeness (QED) is 0.598. The maximum Gasteiger partial charge on any atom is 0.209 e. The van der Waals surface area contributed by atoms with E-state index in [2.05, 4.69) is 21.9 Å². The maximum atomic E-state index is 4.35. The zero-order valence-electron chi connectivity index (χ0n) is 8.92. The van der Waals surface area contributed by atoms with Gasteiger partial charge in [-0.05, 0) is 19.1 Å². The highest BCUT2D eigenvalue weighted by molar-refractivity contribution is 7.99. The Morgan fingerprint density at radius 2 is 2.12 bits per heavy atom. The van der Waals surface area contributed by atoms with Gasteiger partial charge in [0, 0.05) is 0 Å². The average molecular weight is 229 g/mol. The van der Waals surface area contributed by atoms with E-state index in [9.17, 15) is 0 Å². The number of hydrogen-bond donors (Lipinski definition) is 0. The van der Waals surface area contributed by atoms with E-state index in [4.69, 9.17) is 0 Å². The SMILES string of the molecule is CC#CCSc1ncn(-c2ccccc2)n1.